The molecule has 0 spiro atoms. The maximum atomic E-state index is 13.9. The molecule has 2 aromatic heterocycles. The fourth-order valence-electron chi connectivity index (χ4n) is 3.66. The molecular weight excluding hydrogens is 377 g/mol. The van der Waals surface area contributed by atoms with Gasteiger partial charge >= 0.3 is 0 Å². The van der Waals surface area contributed by atoms with E-state index in [0.29, 0.717) is 25.3 Å². The van der Waals surface area contributed by atoms with Crippen molar-refractivity contribution in [2.75, 3.05) is 13.2 Å². The lowest BCUT2D eigenvalue weighted by molar-refractivity contribution is -0.149. The predicted molar refractivity (Wildman–Crippen MR) is 110 cm³/mol. The van der Waals surface area contributed by atoms with Crippen LogP contribution in [0.1, 0.15) is 30.7 Å². The lowest BCUT2D eigenvalue weighted by atomic mass is 10.0. The van der Waals surface area contributed by atoms with Crippen molar-refractivity contribution in [1.29, 1.82) is 0 Å². The van der Waals surface area contributed by atoms with Crippen molar-refractivity contribution in [2.24, 2.45) is 0 Å². The normalized spacial score (nSPS) is 16.0. The number of nitrogens with zero attached hydrogens (tertiary/aromatic N) is 3. The Kier molecular flexibility index (Phi) is 5.23. The van der Waals surface area contributed by atoms with E-state index < -0.39 is 5.79 Å². The molecule has 1 saturated heterocycles. The van der Waals surface area contributed by atoms with Crippen molar-refractivity contribution in [3.05, 3.63) is 59.9 Å². The molecular formula is C21H22FN3O2S. The van der Waals surface area contributed by atoms with Crippen LogP contribution in [0.25, 0.3) is 22.4 Å². The van der Waals surface area contributed by atoms with Crippen LogP contribution in [0.5, 0.6) is 0 Å². The van der Waals surface area contributed by atoms with E-state index in [9.17, 15) is 3.89 Å². The fraction of sp³-hybridized carbons (Fsp3) is 0.333. The maximum absolute atomic E-state index is 13.9. The zero-order valence-electron chi connectivity index (χ0n) is 15.9. The van der Waals surface area contributed by atoms with Crippen molar-refractivity contribution >= 4 is 23.5 Å². The lowest BCUT2D eigenvalue weighted by Crippen LogP contribution is -2.22. The Bertz CT molecular complexity index is 1010. The predicted octanol–water partition coefficient (Wildman–Crippen LogP) is 4.99. The molecule has 4 rings (SSSR count). The van der Waals surface area contributed by atoms with Crippen LogP contribution < -0.4 is 0 Å². The number of rotatable bonds is 6. The molecule has 0 aliphatic carbocycles. The van der Waals surface area contributed by atoms with E-state index in [1.807, 2.05) is 38.1 Å². The molecule has 0 unspecified atom stereocenters. The summed E-state index contributed by atoms with van der Waals surface area (Å²) in [5.41, 5.74) is 5.69. The highest BCUT2D eigenvalue weighted by molar-refractivity contribution is 7.93. The number of halogens is 1. The highest BCUT2D eigenvalue weighted by Gasteiger charge is 2.33. The largest absolute Gasteiger partial charge is 0.344 e. The Balaban J connectivity index is 1.84. The van der Waals surface area contributed by atoms with Crippen LogP contribution >= 0.6 is 12.3 Å². The minimum absolute atomic E-state index is 0.149. The number of ether oxygens (including phenoxy) is 2. The summed E-state index contributed by atoms with van der Waals surface area (Å²) in [6.07, 6.45) is 4.81. The summed E-state index contributed by atoms with van der Waals surface area (Å²) in [6.45, 7) is 8.87. The minimum atomic E-state index is -0.726. The van der Waals surface area contributed by atoms with Crippen molar-refractivity contribution in [2.45, 2.75) is 32.5 Å². The molecule has 5 nitrogen and oxygen atoms in total. The van der Waals surface area contributed by atoms with Crippen LogP contribution in [-0.2, 0) is 28.1 Å². The van der Waals surface area contributed by atoms with Gasteiger partial charge in [-0.05, 0) is 18.9 Å². The SMILES string of the molecule is C=CCc1cnc2c(n1)c(CC)c(-c1ccc(C3(C)OCCO3)cc1)n2SF. The molecule has 0 saturated carbocycles. The van der Waals surface area contributed by atoms with Gasteiger partial charge in [0.2, 0.25) is 0 Å². The minimum Gasteiger partial charge on any atom is -0.344 e. The Morgan fingerprint density at radius 3 is 2.61 bits per heavy atom. The van der Waals surface area contributed by atoms with E-state index in [-0.39, 0.29) is 12.3 Å². The van der Waals surface area contributed by atoms with Gasteiger partial charge in [-0.2, -0.15) is 0 Å². The molecule has 0 atom stereocenters. The summed E-state index contributed by atoms with van der Waals surface area (Å²) in [4.78, 5) is 9.18. The molecule has 28 heavy (non-hydrogen) atoms. The third kappa shape index (κ3) is 3.13. The smallest absolute Gasteiger partial charge is 0.192 e. The molecule has 3 heterocycles. The molecule has 1 aliphatic rings. The maximum Gasteiger partial charge on any atom is 0.192 e. The molecule has 1 aliphatic heterocycles. The van der Waals surface area contributed by atoms with Crippen LogP contribution in [0.15, 0.2) is 43.1 Å². The van der Waals surface area contributed by atoms with Crippen molar-refractivity contribution < 1.29 is 13.4 Å². The van der Waals surface area contributed by atoms with Gasteiger partial charge in [-0.15, -0.1) is 10.5 Å². The van der Waals surface area contributed by atoms with E-state index in [4.69, 9.17) is 14.5 Å². The Hall–Kier alpha value is -2.22. The Labute approximate surface area is 168 Å². The summed E-state index contributed by atoms with van der Waals surface area (Å²) < 4.78 is 26.9. The van der Waals surface area contributed by atoms with Gasteiger partial charge in [0, 0.05) is 17.5 Å². The monoisotopic (exact) mass is 399 g/mol. The molecule has 0 bridgehead atoms. The topological polar surface area (TPSA) is 49.2 Å². The number of fused-ring (bicyclic) bond motifs is 1. The van der Waals surface area contributed by atoms with E-state index in [1.54, 1.807) is 12.3 Å². The van der Waals surface area contributed by atoms with E-state index in [2.05, 4.69) is 11.6 Å². The van der Waals surface area contributed by atoms with Crippen LogP contribution in [-0.4, -0.2) is 27.2 Å². The average molecular weight is 399 g/mol. The highest BCUT2D eigenvalue weighted by Crippen LogP contribution is 2.38. The first-order chi connectivity index (χ1) is 13.6. The summed E-state index contributed by atoms with van der Waals surface area (Å²) >= 11 is 0.149. The second-order valence-corrected chi connectivity index (χ2v) is 7.29. The average Bonchev–Trinajstić information content (AvgIpc) is 3.29. The van der Waals surface area contributed by atoms with Gasteiger partial charge < -0.3 is 9.47 Å². The van der Waals surface area contributed by atoms with Crippen molar-refractivity contribution in [3.63, 3.8) is 0 Å². The summed E-state index contributed by atoms with van der Waals surface area (Å²) in [5.74, 6) is -0.726. The van der Waals surface area contributed by atoms with E-state index in [0.717, 1.165) is 40.0 Å². The van der Waals surface area contributed by atoms with E-state index >= 15 is 0 Å². The zero-order valence-corrected chi connectivity index (χ0v) is 16.8. The molecule has 0 radical (unpaired) electrons. The first-order valence-corrected chi connectivity index (χ1v) is 9.96. The number of hydrogen-bond donors (Lipinski definition) is 0. The summed E-state index contributed by atoms with van der Waals surface area (Å²) in [6, 6.07) is 7.87. The Morgan fingerprint density at radius 1 is 1.29 bits per heavy atom. The number of hydrogen-bond acceptors (Lipinski definition) is 5. The third-order valence-corrected chi connectivity index (χ3v) is 5.56. The third-order valence-electron chi connectivity index (χ3n) is 5.07. The van der Waals surface area contributed by atoms with Crippen LogP contribution in [0.4, 0.5) is 3.89 Å². The Morgan fingerprint density at radius 2 is 2.00 bits per heavy atom. The number of aromatic nitrogens is 3. The van der Waals surface area contributed by atoms with Crippen molar-refractivity contribution in [1.82, 2.24) is 13.9 Å². The molecule has 146 valence electrons. The van der Waals surface area contributed by atoms with Gasteiger partial charge in [-0.1, -0.05) is 37.3 Å². The molecule has 1 aromatic carbocycles. The van der Waals surface area contributed by atoms with Gasteiger partial charge in [0.15, 0.2) is 23.8 Å². The quantitative estimate of drug-likeness (QED) is 0.547. The molecule has 0 N–H and O–H groups in total. The van der Waals surface area contributed by atoms with Gasteiger partial charge in [0.25, 0.3) is 0 Å². The molecule has 3 aromatic rings. The summed E-state index contributed by atoms with van der Waals surface area (Å²) in [7, 11) is 0. The first-order valence-electron chi connectivity index (χ1n) is 9.29. The number of aryl methyl sites for hydroxylation is 1. The molecule has 1 fully saturated rings. The van der Waals surface area contributed by atoms with Gasteiger partial charge in [-0.25, -0.2) is 13.9 Å². The van der Waals surface area contributed by atoms with Crippen molar-refractivity contribution in [3.8, 4) is 11.3 Å². The fourth-order valence-corrected chi connectivity index (χ4v) is 4.15. The van der Waals surface area contributed by atoms with Gasteiger partial charge in [0.05, 0.1) is 30.8 Å². The van der Waals surface area contributed by atoms with Crippen LogP contribution in [0, 0.1) is 0 Å². The standard InChI is InChI=1S/C21H22FN3O2S/c1-4-6-16-13-23-20-18(24-16)17(5-2)19(25(20)28-22)14-7-9-15(10-8-14)21(3)26-11-12-27-21/h4,7-10,13H,1,5-6,11-12H2,2-3H3. The van der Waals surface area contributed by atoms with Gasteiger partial charge in [-0.3, -0.25) is 0 Å². The van der Waals surface area contributed by atoms with Crippen LogP contribution in [0.2, 0.25) is 0 Å². The second-order valence-electron chi connectivity index (χ2n) is 6.79. The molecule has 7 heteroatoms. The van der Waals surface area contributed by atoms with Crippen LogP contribution in [0.3, 0.4) is 0 Å². The number of benzene rings is 1. The first kappa shape index (κ1) is 19.1. The zero-order chi connectivity index (χ0) is 19.7. The second kappa shape index (κ2) is 7.66. The van der Waals surface area contributed by atoms with E-state index in [1.165, 1.54) is 3.97 Å². The molecule has 0 amide bonds. The lowest BCUT2D eigenvalue weighted by Gasteiger charge is -2.23. The van der Waals surface area contributed by atoms with Gasteiger partial charge in [0.1, 0.15) is 5.52 Å². The highest BCUT2D eigenvalue weighted by atomic mass is 32.2. The number of allylic oxidation sites excluding steroid dienone is 1. The summed E-state index contributed by atoms with van der Waals surface area (Å²) in [5, 5.41) is 0.